The van der Waals surface area contributed by atoms with E-state index >= 15 is 0 Å². The van der Waals surface area contributed by atoms with E-state index in [1.807, 2.05) is 23.5 Å². The molecule has 5 heterocycles. The zero-order valence-corrected chi connectivity index (χ0v) is 30.1. The molecule has 250 valence electrons. The SMILES string of the molecule is c1ccc2c(c1)Sc1cccc(-c3nc(-c4cccc5c6ccc7cccc8c9ccccc9n(c45)c6c78)nc4c3oc3c5ccccc5ccc43)c1S2. The molecule has 0 unspecified atom stereocenters. The number of pyridine rings is 1. The molecule has 0 saturated carbocycles. The predicted molar refractivity (Wildman–Crippen MR) is 225 cm³/mol. The van der Waals surface area contributed by atoms with Crippen LogP contribution in [0.1, 0.15) is 0 Å². The molecule has 0 atom stereocenters. The number of hydrogen-bond donors (Lipinski definition) is 0. The van der Waals surface area contributed by atoms with Gasteiger partial charge in [-0.15, -0.1) is 0 Å². The van der Waals surface area contributed by atoms with Gasteiger partial charge in [0.25, 0.3) is 0 Å². The first-order valence-corrected chi connectivity index (χ1v) is 19.7. The van der Waals surface area contributed by atoms with E-state index in [-0.39, 0.29) is 0 Å². The molecule has 4 aromatic heterocycles. The summed E-state index contributed by atoms with van der Waals surface area (Å²) in [6, 6.07) is 54.5. The Labute approximate surface area is 316 Å². The van der Waals surface area contributed by atoms with Crippen molar-refractivity contribution in [1.82, 2.24) is 14.4 Å². The Morgan fingerprint density at radius 2 is 1.11 bits per heavy atom. The molecule has 6 heteroatoms. The average molecular weight is 724 g/mol. The molecule has 0 radical (unpaired) electrons. The second-order valence-electron chi connectivity index (χ2n) is 14.0. The lowest BCUT2D eigenvalue weighted by Crippen LogP contribution is -1.99. The summed E-state index contributed by atoms with van der Waals surface area (Å²) in [5.74, 6) is 0.678. The Kier molecular flexibility index (Phi) is 5.74. The Bertz CT molecular complexity index is 3580. The fraction of sp³-hybridized carbons (Fsp3) is 0. The lowest BCUT2D eigenvalue weighted by atomic mass is 9.99. The quantitative estimate of drug-likeness (QED) is 0.131. The second-order valence-corrected chi connectivity index (χ2v) is 16.2. The standard InChI is InChI=1S/C48H25N3OS2/c1-2-12-28-26(10-1)22-25-33-41-46(52-45(28)33)42(34-16-9-21-39-47(34)54-38-20-6-5-19-37(38)53-39)50-48(49-41)35-17-8-15-31-32-24-23-27-11-7-14-30-29-13-3-4-18-36(29)51(43(31)35)44(32)40(27)30/h1-25H. The molecule has 4 nitrogen and oxygen atoms in total. The van der Waals surface area contributed by atoms with E-state index in [2.05, 4.69) is 156 Å². The van der Waals surface area contributed by atoms with Crippen molar-refractivity contribution in [3.63, 3.8) is 0 Å². The minimum Gasteiger partial charge on any atom is -0.451 e. The number of furan rings is 1. The van der Waals surface area contributed by atoms with E-state index in [0.29, 0.717) is 11.4 Å². The Balaban J connectivity index is 1.18. The van der Waals surface area contributed by atoms with Gasteiger partial charge >= 0.3 is 0 Å². The van der Waals surface area contributed by atoms with E-state index in [9.17, 15) is 0 Å². The maximum atomic E-state index is 6.94. The number of rotatable bonds is 2. The largest absolute Gasteiger partial charge is 0.451 e. The summed E-state index contributed by atoms with van der Waals surface area (Å²) >= 11 is 3.62. The van der Waals surface area contributed by atoms with Crippen LogP contribution in [0.3, 0.4) is 0 Å². The monoisotopic (exact) mass is 723 g/mol. The molecule has 1 aliphatic heterocycles. The van der Waals surface area contributed by atoms with E-state index in [1.165, 1.54) is 62.9 Å². The van der Waals surface area contributed by atoms with Crippen molar-refractivity contribution in [2.45, 2.75) is 19.6 Å². The first kappa shape index (κ1) is 29.2. The third kappa shape index (κ3) is 3.81. The summed E-state index contributed by atoms with van der Waals surface area (Å²) in [5, 5.41) is 10.6. The van der Waals surface area contributed by atoms with Gasteiger partial charge in [-0.3, -0.25) is 0 Å². The first-order chi connectivity index (χ1) is 26.8. The highest BCUT2D eigenvalue weighted by molar-refractivity contribution is 8.05. The lowest BCUT2D eigenvalue weighted by molar-refractivity contribution is 0.670. The number of para-hydroxylation sites is 2. The normalized spacial score (nSPS) is 13.0. The molecule has 8 aromatic carbocycles. The summed E-state index contributed by atoms with van der Waals surface area (Å²) in [7, 11) is 0. The zero-order valence-electron chi connectivity index (χ0n) is 28.5. The first-order valence-electron chi connectivity index (χ1n) is 18.1. The third-order valence-electron chi connectivity index (χ3n) is 11.2. The molecule has 0 amide bonds. The summed E-state index contributed by atoms with van der Waals surface area (Å²) < 4.78 is 9.40. The topological polar surface area (TPSA) is 43.3 Å². The molecule has 12 aromatic rings. The molecular formula is C48H25N3OS2. The maximum absolute atomic E-state index is 6.94. The van der Waals surface area contributed by atoms with Crippen LogP contribution in [-0.4, -0.2) is 14.4 Å². The van der Waals surface area contributed by atoms with Crippen LogP contribution in [0.2, 0.25) is 0 Å². The average Bonchev–Trinajstić information content (AvgIpc) is 3.79. The molecule has 0 saturated heterocycles. The van der Waals surface area contributed by atoms with Crippen molar-refractivity contribution in [1.29, 1.82) is 0 Å². The molecule has 1 aliphatic rings. The van der Waals surface area contributed by atoms with Crippen molar-refractivity contribution in [3.8, 4) is 22.6 Å². The Morgan fingerprint density at radius 1 is 0.444 bits per heavy atom. The Morgan fingerprint density at radius 3 is 2.06 bits per heavy atom. The van der Waals surface area contributed by atoms with E-state index < -0.39 is 0 Å². The third-order valence-corrected chi connectivity index (χ3v) is 13.8. The van der Waals surface area contributed by atoms with Crippen LogP contribution in [0.4, 0.5) is 0 Å². The molecule has 0 aliphatic carbocycles. The van der Waals surface area contributed by atoms with E-state index in [4.69, 9.17) is 14.4 Å². The van der Waals surface area contributed by atoms with Crippen LogP contribution < -0.4 is 0 Å². The predicted octanol–water partition coefficient (Wildman–Crippen LogP) is 13.8. The zero-order chi connectivity index (χ0) is 35.1. The van der Waals surface area contributed by atoms with Crippen molar-refractivity contribution >= 4 is 105 Å². The number of fused-ring (bicyclic) bond motifs is 13. The molecular weight excluding hydrogens is 699 g/mol. The fourth-order valence-corrected chi connectivity index (χ4v) is 11.3. The van der Waals surface area contributed by atoms with Crippen LogP contribution >= 0.6 is 23.5 Å². The van der Waals surface area contributed by atoms with Crippen molar-refractivity contribution in [2.24, 2.45) is 0 Å². The van der Waals surface area contributed by atoms with Gasteiger partial charge in [-0.1, -0.05) is 139 Å². The van der Waals surface area contributed by atoms with E-state index in [1.54, 1.807) is 0 Å². The van der Waals surface area contributed by atoms with Gasteiger partial charge in [0.05, 0.1) is 16.6 Å². The minimum atomic E-state index is 0.678. The summed E-state index contributed by atoms with van der Waals surface area (Å²) in [6.07, 6.45) is 0. The smallest absolute Gasteiger partial charge is 0.180 e. The van der Waals surface area contributed by atoms with Crippen LogP contribution in [0, 0.1) is 0 Å². The lowest BCUT2D eigenvalue weighted by Gasteiger charge is -2.20. The molecule has 13 rings (SSSR count). The second kappa shape index (κ2) is 10.6. The molecule has 54 heavy (non-hydrogen) atoms. The van der Waals surface area contributed by atoms with Crippen molar-refractivity contribution in [2.75, 3.05) is 0 Å². The number of nitrogens with zero attached hydrogens (tertiary/aromatic N) is 3. The Hall–Kier alpha value is -6.34. The van der Waals surface area contributed by atoms with Crippen molar-refractivity contribution in [3.05, 3.63) is 152 Å². The highest BCUT2D eigenvalue weighted by atomic mass is 32.2. The van der Waals surface area contributed by atoms with Crippen LogP contribution in [0.15, 0.2) is 176 Å². The number of hydrogen-bond acceptors (Lipinski definition) is 5. The van der Waals surface area contributed by atoms with Crippen LogP contribution in [-0.2, 0) is 0 Å². The van der Waals surface area contributed by atoms with Gasteiger partial charge in [0, 0.05) is 63.0 Å². The molecule has 0 N–H and O–H groups in total. The van der Waals surface area contributed by atoms with Gasteiger partial charge in [0.15, 0.2) is 11.4 Å². The summed E-state index contributed by atoms with van der Waals surface area (Å²) in [6.45, 7) is 0. The summed E-state index contributed by atoms with van der Waals surface area (Å²) in [5.41, 5.74) is 8.71. The molecule has 0 fully saturated rings. The van der Waals surface area contributed by atoms with Gasteiger partial charge in [0.2, 0.25) is 0 Å². The van der Waals surface area contributed by atoms with Crippen molar-refractivity contribution < 1.29 is 4.42 Å². The van der Waals surface area contributed by atoms with Gasteiger partial charge < -0.3 is 8.82 Å². The van der Waals surface area contributed by atoms with Gasteiger partial charge in [-0.25, -0.2) is 9.97 Å². The number of benzene rings is 8. The van der Waals surface area contributed by atoms with Crippen LogP contribution in [0.5, 0.6) is 0 Å². The molecule has 0 bridgehead atoms. The highest BCUT2D eigenvalue weighted by Crippen LogP contribution is 2.53. The number of aromatic nitrogens is 3. The fourth-order valence-electron chi connectivity index (χ4n) is 8.87. The maximum Gasteiger partial charge on any atom is 0.180 e. The van der Waals surface area contributed by atoms with E-state index in [0.717, 1.165) is 49.6 Å². The summed E-state index contributed by atoms with van der Waals surface area (Å²) in [4.78, 5) is 16.0. The van der Waals surface area contributed by atoms with Gasteiger partial charge in [-0.2, -0.15) is 0 Å². The molecule has 0 spiro atoms. The van der Waals surface area contributed by atoms with Crippen LogP contribution in [0.25, 0.3) is 104 Å². The highest BCUT2D eigenvalue weighted by Gasteiger charge is 2.27. The minimum absolute atomic E-state index is 0.678. The van der Waals surface area contributed by atoms with Gasteiger partial charge in [-0.05, 0) is 52.6 Å². The van der Waals surface area contributed by atoms with Gasteiger partial charge in [0.1, 0.15) is 16.8 Å².